The zero-order valence-electron chi connectivity index (χ0n) is 11.9. The van der Waals surface area contributed by atoms with Crippen LogP contribution in [0.15, 0.2) is 24.3 Å². The lowest BCUT2D eigenvalue weighted by Gasteiger charge is -2.45. The fraction of sp³-hybridized carbons (Fsp3) is 0.500. The summed E-state index contributed by atoms with van der Waals surface area (Å²) in [5.74, 6) is -1.03. The summed E-state index contributed by atoms with van der Waals surface area (Å²) >= 11 is 0. The first-order valence-electron chi connectivity index (χ1n) is 7.38. The maximum absolute atomic E-state index is 12.8. The minimum absolute atomic E-state index is 0.0850. The van der Waals surface area contributed by atoms with Gasteiger partial charge in [-0.1, -0.05) is 30.7 Å². The van der Waals surface area contributed by atoms with E-state index in [0.29, 0.717) is 19.5 Å². The summed E-state index contributed by atoms with van der Waals surface area (Å²) < 4.78 is 0. The Bertz CT molecular complexity index is 575. The number of nitrogens with zero attached hydrogens (tertiary/aromatic N) is 1. The fourth-order valence-corrected chi connectivity index (χ4v) is 3.37. The third-order valence-corrected chi connectivity index (χ3v) is 4.95. The standard InChI is InChI=1S/C16H20N2O3/c17-10-16(6-3-7-16)15(21)18-9-12-5-2-1-4-11(12)8-13(18)14(19)20/h1-2,4-5,13H,3,6-10,17H2,(H,19,20). The number of fused-ring (bicyclic) bond motifs is 1. The molecule has 3 rings (SSSR count). The summed E-state index contributed by atoms with van der Waals surface area (Å²) in [6.07, 6.45) is 2.91. The molecule has 1 aliphatic heterocycles. The molecule has 0 spiro atoms. The summed E-state index contributed by atoms with van der Waals surface area (Å²) in [4.78, 5) is 25.9. The second-order valence-electron chi connectivity index (χ2n) is 6.10. The summed E-state index contributed by atoms with van der Waals surface area (Å²) in [5, 5.41) is 9.49. The van der Waals surface area contributed by atoms with Crippen LogP contribution >= 0.6 is 0 Å². The fourth-order valence-electron chi connectivity index (χ4n) is 3.37. The van der Waals surface area contributed by atoms with Crippen molar-refractivity contribution >= 4 is 11.9 Å². The molecule has 1 aromatic rings. The highest BCUT2D eigenvalue weighted by atomic mass is 16.4. The average molecular weight is 288 g/mol. The van der Waals surface area contributed by atoms with E-state index >= 15 is 0 Å². The summed E-state index contributed by atoms with van der Waals surface area (Å²) in [6, 6.07) is 6.95. The van der Waals surface area contributed by atoms with Crippen LogP contribution in [0.1, 0.15) is 30.4 Å². The van der Waals surface area contributed by atoms with Crippen LogP contribution in [0.25, 0.3) is 0 Å². The van der Waals surface area contributed by atoms with Crippen molar-refractivity contribution in [3.05, 3.63) is 35.4 Å². The first kappa shape index (κ1) is 14.1. The lowest BCUT2D eigenvalue weighted by atomic mass is 9.67. The Labute approximate surface area is 123 Å². The number of hydrogen-bond acceptors (Lipinski definition) is 3. The van der Waals surface area contributed by atoms with Crippen molar-refractivity contribution in [2.24, 2.45) is 11.1 Å². The minimum Gasteiger partial charge on any atom is -0.480 e. The Balaban J connectivity index is 1.92. The lowest BCUT2D eigenvalue weighted by Crippen LogP contribution is -2.57. The summed E-state index contributed by atoms with van der Waals surface area (Å²) in [5.41, 5.74) is 7.32. The highest BCUT2D eigenvalue weighted by Crippen LogP contribution is 2.43. The maximum atomic E-state index is 12.8. The van der Waals surface area contributed by atoms with E-state index in [0.717, 1.165) is 30.4 Å². The van der Waals surface area contributed by atoms with Crippen LogP contribution in [0.2, 0.25) is 0 Å². The number of rotatable bonds is 3. The number of carboxylic acid groups (broad SMARTS) is 1. The van der Waals surface area contributed by atoms with Gasteiger partial charge in [0.2, 0.25) is 5.91 Å². The molecule has 112 valence electrons. The Hall–Kier alpha value is -1.88. The van der Waals surface area contributed by atoms with Crippen LogP contribution in [-0.4, -0.2) is 34.5 Å². The quantitative estimate of drug-likeness (QED) is 0.874. The van der Waals surface area contributed by atoms with E-state index in [1.165, 1.54) is 4.90 Å². The second-order valence-corrected chi connectivity index (χ2v) is 6.10. The molecule has 0 radical (unpaired) electrons. The maximum Gasteiger partial charge on any atom is 0.326 e. The van der Waals surface area contributed by atoms with Crippen LogP contribution in [0.5, 0.6) is 0 Å². The Morgan fingerprint density at radius 2 is 1.95 bits per heavy atom. The average Bonchev–Trinajstić information content (AvgIpc) is 2.45. The topological polar surface area (TPSA) is 83.6 Å². The largest absolute Gasteiger partial charge is 0.480 e. The minimum atomic E-state index is -0.940. The molecule has 1 saturated carbocycles. The van der Waals surface area contributed by atoms with E-state index in [2.05, 4.69) is 0 Å². The molecule has 1 aliphatic carbocycles. The van der Waals surface area contributed by atoms with Crippen molar-refractivity contribution in [3.63, 3.8) is 0 Å². The van der Waals surface area contributed by atoms with E-state index < -0.39 is 17.4 Å². The van der Waals surface area contributed by atoms with Crippen molar-refractivity contribution < 1.29 is 14.7 Å². The number of aliphatic carboxylic acids is 1. The molecule has 1 fully saturated rings. The van der Waals surface area contributed by atoms with Gasteiger partial charge in [-0.15, -0.1) is 0 Å². The Morgan fingerprint density at radius 1 is 1.29 bits per heavy atom. The molecule has 1 aromatic carbocycles. The van der Waals surface area contributed by atoms with Crippen LogP contribution in [0, 0.1) is 5.41 Å². The zero-order valence-corrected chi connectivity index (χ0v) is 11.9. The van der Waals surface area contributed by atoms with Gasteiger partial charge >= 0.3 is 5.97 Å². The van der Waals surface area contributed by atoms with Gasteiger partial charge in [-0.25, -0.2) is 4.79 Å². The van der Waals surface area contributed by atoms with Crippen LogP contribution < -0.4 is 5.73 Å². The number of hydrogen-bond donors (Lipinski definition) is 2. The van der Waals surface area contributed by atoms with Crippen LogP contribution in [0.4, 0.5) is 0 Å². The van der Waals surface area contributed by atoms with Crippen molar-refractivity contribution in [2.45, 2.75) is 38.3 Å². The third kappa shape index (κ3) is 2.21. The Morgan fingerprint density at radius 3 is 2.48 bits per heavy atom. The van der Waals surface area contributed by atoms with Gasteiger partial charge in [-0.2, -0.15) is 0 Å². The number of benzene rings is 1. The highest BCUT2D eigenvalue weighted by Gasteiger charge is 2.48. The molecule has 1 amide bonds. The molecular formula is C16H20N2O3. The van der Waals surface area contributed by atoms with E-state index in [-0.39, 0.29) is 5.91 Å². The van der Waals surface area contributed by atoms with Gasteiger partial charge in [0.1, 0.15) is 6.04 Å². The predicted molar refractivity (Wildman–Crippen MR) is 77.5 cm³/mol. The monoisotopic (exact) mass is 288 g/mol. The van der Waals surface area contributed by atoms with Gasteiger partial charge in [0.25, 0.3) is 0 Å². The molecule has 5 nitrogen and oxygen atoms in total. The number of carbonyl (C=O) groups is 2. The molecule has 1 heterocycles. The van der Waals surface area contributed by atoms with Crippen molar-refractivity contribution in [1.29, 1.82) is 0 Å². The highest BCUT2D eigenvalue weighted by molar-refractivity contribution is 5.89. The smallest absolute Gasteiger partial charge is 0.326 e. The van der Waals surface area contributed by atoms with E-state index in [1.807, 2.05) is 24.3 Å². The molecule has 0 bridgehead atoms. The molecule has 21 heavy (non-hydrogen) atoms. The molecule has 1 atom stereocenters. The zero-order chi connectivity index (χ0) is 15.0. The molecule has 1 unspecified atom stereocenters. The van der Waals surface area contributed by atoms with Gasteiger partial charge in [-0.05, 0) is 24.0 Å². The molecule has 3 N–H and O–H groups in total. The second kappa shape index (κ2) is 5.15. The number of carboxylic acids is 1. The normalized spacial score (nSPS) is 23.1. The molecule has 2 aliphatic rings. The van der Waals surface area contributed by atoms with Gasteiger partial charge in [0.05, 0.1) is 5.41 Å². The van der Waals surface area contributed by atoms with E-state index in [9.17, 15) is 14.7 Å². The van der Waals surface area contributed by atoms with E-state index in [4.69, 9.17) is 5.73 Å². The van der Waals surface area contributed by atoms with Crippen molar-refractivity contribution in [2.75, 3.05) is 6.54 Å². The molecular weight excluding hydrogens is 268 g/mol. The van der Waals surface area contributed by atoms with Crippen molar-refractivity contribution in [3.8, 4) is 0 Å². The third-order valence-electron chi connectivity index (χ3n) is 4.95. The predicted octanol–water partition coefficient (Wildman–Crippen LogP) is 1.15. The number of nitrogens with two attached hydrogens (primary N) is 1. The van der Waals surface area contributed by atoms with E-state index in [1.54, 1.807) is 0 Å². The van der Waals surface area contributed by atoms with Gasteiger partial charge in [0, 0.05) is 19.5 Å². The molecule has 0 aromatic heterocycles. The van der Waals surface area contributed by atoms with Gasteiger partial charge < -0.3 is 15.7 Å². The Kier molecular flexibility index (Phi) is 3.45. The van der Waals surface area contributed by atoms with Crippen molar-refractivity contribution in [1.82, 2.24) is 4.90 Å². The molecule has 0 saturated heterocycles. The van der Waals surface area contributed by atoms with Gasteiger partial charge in [0.15, 0.2) is 0 Å². The van der Waals surface area contributed by atoms with Crippen LogP contribution in [-0.2, 0) is 22.6 Å². The van der Waals surface area contributed by atoms with Crippen LogP contribution in [0.3, 0.4) is 0 Å². The summed E-state index contributed by atoms with van der Waals surface area (Å²) in [6.45, 7) is 0.671. The lowest BCUT2D eigenvalue weighted by molar-refractivity contribution is -0.159. The summed E-state index contributed by atoms with van der Waals surface area (Å²) in [7, 11) is 0. The SMILES string of the molecule is NCC1(C(=O)N2Cc3ccccc3CC2C(=O)O)CCC1. The number of carbonyl (C=O) groups excluding carboxylic acids is 1. The number of amides is 1. The van der Waals surface area contributed by atoms with Gasteiger partial charge in [-0.3, -0.25) is 4.79 Å². The first-order chi connectivity index (χ1) is 10.1. The molecule has 5 heteroatoms. The first-order valence-corrected chi connectivity index (χ1v) is 7.38.